The quantitative estimate of drug-likeness (QED) is 0.255. The highest BCUT2D eigenvalue weighted by Crippen LogP contribution is 2.21. The van der Waals surface area contributed by atoms with E-state index < -0.39 is 12.1 Å². The number of hydrogen-bond donors (Lipinski definition) is 2. The summed E-state index contributed by atoms with van der Waals surface area (Å²) in [6, 6.07) is 11.3. The van der Waals surface area contributed by atoms with Crippen LogP contribution in [0.2, 0.25) is 0 Å². The Kier molecular flexibility index (Phi) is 13.4. The minimum atomic E-state index is -0.968. The number of nitrogens with zero attached hydrogens (tertiary/aromatic N) is 1. The molecule has 0 heterocycles. The Morgan fingerprint density at radius 2 is 1.70 bits per heavy atom. The molecule has 0 saturated carbocycles. The van der Waals surface area contributed by atoms with E-state index in [1.807, 2.05) is 60.8 Å². The van der Waals surface area contributed by atoms with Gasteiger partial charge in [-0.25, -0.2) is 9.59 Å². The molecule has 2 N–H and O–H groups in total. The Hall–Kier alpha value is -2.71. The maximum atomic E-state index is 13.2. The van der Waals surface area contributed by atoms with Crippen molar-refractivity contribution in [3.63, 3.8) is 0 Å². The average molecular weight is 531 g/mol. The van der Waals surface area contributed by atoms with Gasteiger partial charge in [0.2, 0.25) is 0 Å². The molecule has 7 nitrogen and oxygen atoms in total. The molecule has 2 aromatic carbocycles. The molecule has 204 valence electrons. The van der Waals surface area contributed by atoms with Crippen LogP contribution in [0.5, 0.6) is 5.75 Å². The van der Waals surface area contributed by atoms with Crippen LogP contribution in [0.15, 0.2) is 36.4 Å². The SMILES string of the molecule is CCCSCCCN(CCOc1ccc(CC(OCC)C(=O)O)cc1)C(=O)Nc1cc(C)c(C)cc1C. The first kappa shape index (κ1) is 30.5. The van der Waals surface area contributed by atoms with Gasteiger partial charge in [0.15, 0.2) is 6.10 Å². The van der Waals surface area contributed by atoms with E-state index in [0.717, 1.165) is 46.7 Å². The maximum absolute atomic E-state index is 13.2. The molecule has 8 heteroatoms. The van der Waals surface area contributed by atoms with Gasteiger partial charge in [-0.15, -0.1) is 0 Å². The molecular formula is C29H42N2O5S. The molecule has 0 bridgehead atoms. The first-order valence-corrected chi connectivity index (χ1v) is 14.2. The van der Waals surface area contributed by atoms with Gasteiger partial charge in [0.05, 0.1) is 6.54 Å². The maximum Gasteiger partial charge on any atom is 0.333 e. The molecule has 0 saturated heterocycles. The highest BCUT2D eigenvalue weighted by atomic mass is 32.2. The van der Waals surface area contributed by atoms with Crippen LogP contribution in [-0.2, 0) is 16.0 Å². The Morgan fingerprint density at radius 1 is 1.00 bits per heavy atom. The lowest BCUT2D eigenvalue weighted by Crippen LogP contribution is -2.39. The van der Waals surface area contributed by atoms with Crippen LogP contribution in [0, 0.1) is 20.8 Å². The number of carbonyl (C=O) groups excluding carboxylic acids is 1. The van der Waals surface area contributed by atoms with Gasteiger partial charge in [0.1, 0.15) is 12.4 Å². The number of urea groups is 1. The molecule has 0 radical (unpaired) electrons. The fourth-order valence-electron chi connectivity index (χ4n) is 3.84. The van der Waals surface area contributed by atoms with Crippen LogP contribution < -0.4 is 10.1 Å². The summed E-state index contributed by atoms with van der Waals surface area (Å²) in [4.78, 5) is 26.3. The largest absolute Gasteiger partial charge is 0.492 e. The lowest BCUT2D eigenvalue weighted by Gasteiger charge is -2.24. The molecule has 0 spiro atoms. The van der Waals surface area contributed by atoms with Crippen LogP contribution in [0.25, 0.3) is 0 Å². The van der Waals surface area contributed by atoms with E-state index in [-0.39, 0.29) is 6.03 Å². The first-order chi connectivity index (χ1) is 17.7. The summed E-state index contributed by atoms with van der Waals surface area (Å²) in [7, 11) is 0. The number of rotatable bonds is 16. The Balaban J connectivity index is 1.96. The third-order valence-electron chi connectivity index (χ3n) is 6.05. The summed E-state index contributed by atoms with van der Waals surface area (Å²) in [6.07, 6.45) is 1.50. The number of nitrogens with one attached hydrogen (secondary N) is 1. The fraction of sp³-hybridized carbons (Fsp3) is 0.517. The van der Waals surface area contributed by atoms with Gasteiger partial charge in [-0.2, -0.15) is 11.8 Å². The number of ether oxygens (including phenoxy) is 2. The van der Waals surface area contributed by atoms with E-state index in [0.29, 0.717) is 38.5 Å². The van der Waals surface area contributed by atoms with Gasteiger partial charge >= 0.3 is 12.0 Å². The topological polar surface area (TPSA) is 88.1 Å². The summed E-state index contributed by atoms with van der Waals surface area (Å²) in [5.74, 6) is 1.85. The summed E-state index contributed by atoms with van der Waals surface area (Å²) in [5, 5.41) is 12.4. The fourth-order valence-corrected chi connectivity index (χ4v) is 4.66. The summed E-state index contributed by atoms with van der Waals surface area (Å²) >= 11 is 1.91. The number of amides is 2. The third kappa shape index (κ3) is 10.7. The molecule has 2 amide bonds. The van der Waals surface area contributed by atoms with E-state index >= 15 is 0 Å². The zero-order chi connectivity index (χ0) is 27.2. The predicted octanol–water partition coefficient (Wildman–Crippen LogP) is 6.09. The van der Waals surface area contributed by atoms with Gasteiger partial charge < -0.3 is 24.8 Å². The second-order valence-electron chi connectivity index (χ2n) is 9.11. The van der Waals surface area contributed by atoms with Gasteiger partial charge in [-0.1, -0.05) is 25.1 Å². The number of carboxylic acid groups (broad SMARTS) is 1. The first-order valence-electron chi connectivity index (χ1n) is 13.0. The van der Waals surface area contributed by atoms with Crippen LogP contribution in [-0.4, -0.2) is 65.9 Å². The lowest BCUT2D eigenvalue weighted by molar-refractivity contribution is -0.149. The van der Waals surface area contributed by atoms with Gasteiger partial charge in [0, 0.05) is 25.3 Å². The molecule has 1 unspecified atom stereocenters. The van der Waals surface area contributed by atoms with Gasteiger partial charge in [-0.05, 0) is 92.5 Å². The van der Waals surface area contributed by atoms with E-state index in [4.69, 9.17) is 9.47 Å². The molecule has 0 aliphatic carbocycles. The van der Waals surface area contributed by atoms with Crippen molar-refractivity contribution in [3.8, 4) is 5.75 Å². The van der Waals surface area contributed by atoms with Crippen molar-refractivity contribution in [2.45, 2.75) is 60.0 Å². The van der Waals surface area contributed by atoms with Gasteiger partial charge in [-0.3, -0.25) is 0 Å². The van der Waals surface area contributed by atoms with Crippen LogP contribution in [0.3, 0.4) is 0 Å². The summed E-state index contributed by atoms with van der Waals surface area (Å²) in [5.41, 5.74) is 5.09. The number of hydrogen-bond acceptors (Lipinski definition) is 5. The normalized spacial score (nSPS) is 11.7. The third-order valence-corrected chi connectivity index (χ3v) is 7.33. The smallest absolute Gasteiger partial charge is 0.333 e. The molecule has 0 aliphatic heterocycles. The van der Waals surface area contributed by atoms with Crippen molar-refractivity contribution in [2.75, 3.05) is 43.1 Å². The highest BCUT2D eigenvalue weighted by Gasteiger charge is 2.18. The van der Waals surface area contributed by atoms with E-state index in [9.17, 15) is 14.7 Å². The minimum absolute atomic E-state index is 0.124. The van der Waals surface area contributed by atoms with Crippen LogP contribution >= 0.6 is 11.8 Å². The molecule has 0 aromatic heterocycles. The van der Waals surface area contributed by atoms with E-state index in [1.54, 1.807) is 6.92 Å². The molecule has 1 atom stereocenters. The van der Waals surface area contributed by atoms with E-state index in [1.165, 1.54) is 5.56 Å². The Labute approximate surface area is 225 Å². The Morgan fingerprint density at radius 3 is 2.35 bits per heavy atom. The molecular weight excluding hydrogens is 488 g/mol. The minimum Gasteiger partial charge on any atom is -0.492 e. The summed E-state index contributed by atoms with van der Waals surface area (Å²) in [6.45, 7) is 11.9. The second kappa shape index (κ2) is 16.2. The number of carbonyl (C=O) groups is 2. The average Bonchev–Trinajstić information content (AvgIpc) is 2.86. The molecule has 0 aliphatic rings. The van der Waals surface area contributed by atoms with Crippen molar-refractivity contribution in [2.24, 2.45) is 0 Å². The van der Waals surface area contributed by atoms with E-state index in [2.05, 4.69) is 25.2 Å². The van der Waals surface area contributed by atoms with Crippen molar-refractivity contribution >= 4 is 29.4 Å². The monoisotopic (exact) mass is 530 g/mol. The molecule has 2 rings (SSSR count). The Bertz CT molecular complexity index is 997. The standard InChI is InChI=1S/C29H42N2O5S/c1-6-16-37-17-8-13-31(29(34)30-26-19-22(4)21(3)18-23(26)5)14-15-36-25-11-9-24(10-12-25)20-27(28(32)33)35-7-2/h9-12,18-19,27H,6-8,13-17,20H2,1-5H3,(H,30,34)(H,32,33). The number of carboxylic acids is 1. The van der Waals surface area contributed by atoms with Crippen molar-refractivity contribution in [3.05, 3.63) is 58.7 Å². The second-order valence-corrected chi connectivity index (χ2v) is 10.3. The van der Waals surface area contributed by atoms with Gasteiger partial charge in [0.25, 0.3) is 0 Å². The molecule has 2 aromatic rings. The van der Waals surface area contributed by atoms with Crippen molar-refractivity contribution in [1.29, 1.82) is 0 Å². The van der Waals surface area contributed by atoms with Crippen molar-refractivity contribution in [1.82, 2.24) is 4.90 Å². The van der Waals surface area contributed by atoms with Crippen molar-refractivity contribution < 1.29 is 24.2 Å². The summed E-state index contributed by atoms with van der Waals surface area (Å²) < 4.78 is 11.2. The number of benzene rings is 2. The number of anilines is 1. The number of thioether (sulfide) groups is 1. The predicted molar refractivity (Wildman–Crippen MR) is 152 cm³/mol. The number of aliphatic carboxylic acids is 1. The molecule has 0 fully saturated rings. The molecule has 37 heavy (non-hydrogen) atoms. The van der Waals surface area contributed by atoms with Crippen LogP contribution in [0.1, 0.15) is 48.9 Å². The number of aryl methyl sites for hydroxylation is 3. The highest BCUT2D eigenvalue weighted by molar-refractivity contribution is 7.99. The lowest BCUT2D eigenvalue weighted by atomic mass is 10.1. The zero-order valence-electron chi connectivity index (χ0n) is 22.8. The van der Waals surface area contributed by atoms with Crippen LogP contribution in [0.4, 0.5) is 10.5 Å². The zero-order valence-corrected chi connectivity index (χ0v) is 23.7.